The van der Waals surface area contributed by atoms with Crippen LogP contribution in [0.4, 0.5) is 0 Å². The van der Waals surface area contributed by atoms with Gasteiger partial charge >= 0.3 is 0 Å². The molecule has 0 radical (unpaired) electrons. The third-order valence-corrected chi connectivity index (χ3v) is 3.10. The molecule has 5 nitrogen and oxygen atoms in total. The van der Waals surface area contributed by atoms with Crippen LogP contribution < -0.4 is 9.47 Å². The molecule has 0 saturated heterocycles. The summed E-state index contributed by atoms with van der Waals surface area (Å²) in [7, 11) is 0. The van der Waals surface area contributed by atoms with Gasteiger partial charge in [-0.25, -0.2) is 5.10 Å². The van der Waals surface area contributed by atoms with Gasteiger partial charge in [0, 0.05) is 6.42 Å². The zero-order valence-electron chi connectivity index (χ0n) is 9.80. The normalized spacial score (nSPS) is 14.7. The number of aromatic nitrogens is 2. The highest BCUT2D eigenvalue weighted by molar-refractivity contribution is 7.71. The fraction of sp³-hybridized carbons (Fsp3) is 0.333. The fourth-order valence-corrected chi connectivity index (χ4v) is 2.09. The van der Waals surface area contributed by atoms with E-state index in [0.29, 0.717) is 23.9 Å². The Balaban J connectivity index is 1.80. The summed E-state index contributed by atoms with van der Waals surface area (Å²) >= 11 is 4.85. The minimum absolute atomic E-state index is 0.265. The van der Waals surface area contributed by atoms with E-state index in [4.69, 9.17) is 26.1 Å². The van der Waals surface area contributed by atoms with Crippen LogP contribution in [0.1, 0.15) is 24.3 Å². The van der Waals surface area contributed by atoms with E-state index >= 15 is 0 Å². The average Bonchev–Trinajstić information content (AvgIpc) is 2.96. The van der Waals surface area contributed by atoms with E-state index in [1.807, 2.05) is 18.2 Å². The van der Waals surface area contributed by atoms with Crippen LogP contribution in [-0.4, -0.2) is 17.0 Å². The molecule has 0 bridgehead atoms. The molecule has 1 aliphatic rings. The van der Waals surface area contributed by atoms with Gasteiger partial charge < -0.3 is 13.9 Å². The third-order valence-electron chi connectivity index (χ3n) is 2.93. The molecule has 0 amide bonds. The standard InChI is InChI=1S/C12H12N2O3S/c1-7(4-11-13-14-12(18)17-11)8-2-3-9-10(5-8)16-6-15-9/h2-3,5,7H,4,6H2,1H3,(H,14,18). The van der Waals surface area contributed by atoms with Crippen LogP contribution in [0.15, 0.2) is 22.6 Å². The van der Waals surface area contributed by atoms with Crippen LogP contribution in [-0.2, 0) is 6.42 Å². The molecule has 0 spiro atoms. The lowest BCUT2D eigenvalue weighted by Gasteiger charge is -2.09. The van der Waals surface area contributed by atoms with Gasteiger partial charge in [0.05, 0.1) is 0 Å². The van der Waals surface area contributed by atoms with Crippen molar-refractivity contribution in [2.24, 2.45) is 0 Å². The molecule has 6 heteroatoms. The van der Waals surface area contributed by atoms with Gasteiger partial charge in [0.25, 0.3) is 4.84 Å². The Morgan fingerprint density at radius 3 is 3.00 bits per heavy atom. The minimum atomic E-state index is 0.265. The summed E-state index contributed by atoms with van der Waals surface area (Å²) in [5.41, 5.74) is 1.16. The second kappa shape index (κ2) is 4.45. The van der Waals surface area contributed by atoms with Gasteiger partial charge in [0.2, 0.25) is 12.7 Å². The number of rotatable bonds is 3. The summed E-state index contributed by atoms with van der Waals surface area (Å²) in [6.07, 6.45) is 0.687. The SMILES string of the molecule is CC(Cc1n[nH]c(=S)o1)c1ccc2c(c1)OCO2. The number of ether oxygens (including phenoxy) is 2. The lowest BCUT2D eigenvalue weighted by atomic mass is 9.97. The number of hydrogen-bond acceptors (Lipinski definition) is 5. The maximum Gasteiger partial charge on any atom is 0.284 e. The molecular formula is C12H12N2O3S. The minimum Gasteiger partial charge on any atom is -0.454 e. The van der Waals surface area contributed by atoms with E-state index in [1.165, 1.54) is 0 Å². The van der Waals surface area contributed by atoms with Gasteiger partial charge in [-0.3, -0.25) is 0 Å². The van der Waals surface area contributed by atoms with E-state index in [1.54, 1.807) is 0 Å². The zero-order valence-corrected chi connectivity index (χ0v) is 10.6. The molecule has 1 aliphatic heterocycles. The largest absolute Gasteiger partial charge is 0.454 e. The van der Waals surface area contributed by atoms with E-state index in [0.717, 1.165) is 17.1 Å². The molecule has 3 rings (SSSR count). The Bertz CT molecular complexity index is 620. The van der Waals surface area contributed by atoms with E-state index < -0.39 is 0 Å². The number of H-pyrrole nitrogens is 1. The number of fused-ring (bicyclic) bond motifs is 1. The summed E-state index contributed by atoms with van der Waals surface area (Å²) in [4.78, 5) is 0.308. The number of hydrogen-bond donors (Lipinski definition) is 1. The molecule has 18 heavy (non-hydrogen) atoms. The van der Waals surface area contributed by atoms with E-state index in [2.05, 4.69) is 17.1 Å². The van der Waals surface area contributed by atoms with Gasteiger partial charge in [-0.15, -0.1) is 5.10 Å². The molecule has 0 saturated carbocycles. The summed E-state index contributed by atoms with van der Waals surface area (Å²) < 4.78 is 15.9. The fourth-order valence-electron chi connectivity index (χ4n) is 1.95. The van der Waals surface area contributed by atoms with Crippen molar-refractivity contribution < 1.29 is 13.9 Å². The quantitative estimate of drug-likeness (QED) is 0.864. The first-order chi connectivity index (χ1) is 8.72. The molecule has 1 atom stereocenters. The number of nitrogens with zero attached hydrogens (tertiary/aromatic N) is 1. The van der Waals surface area contributed by atoms with Crippen molar-refractivity contribution >= 4 is 12.2 Å². The van der Waals surface area contributed by atoms with Gasteiger partial charge in [0.1, 0.15) is 0 Å². The van der Waals surface area contributed by atoms with Crippen molar-refractivity contribution in [3.05, 3.63) is 34.5 Å². The molecule has 1 aromatic carbocycles. The maximum atomic E-state index is 5.36. The summed E-state index contributed by atoms with van der Waals surface area (Å²) in [6, 6.07) is 5.95. The number of benzene rings is 1. The molecular weight excluding hydrogens is 252 g/mol. The first kappa shape index (κ1) is 11.3. The lowest BCUT2D eigenvalue weighted by Crippen LogP contribution is -1.99. The van der Waals surface area contributed by atoms with E-state index in [-0.39, 0.29) is 5.92 Å². The third kappa shape index (κ3) is 2.11. The maximum absolute atomic E-state index is 5.36. The van der Waals surface area contributed by atoms with Crippen molar-refractivity contribution in [3.63, 3.8) is 0 Å². The Morgan fingerprint density at radius 2 is 2.22 bits per heavy atom. The topological polar surface area (TPSA) is 60.3 Å². The van der Waals surface area contributed by atoms with Crippen LogP contribution in [0.2, 0.25) is 0 Å². The van der Waals surface area contributed by atoms with Crippen LogP contribution in [0.5, 0.6) is 11.5 Å². The van der Waals surface area contributed by atoms with Gasteiger partial charge in [0.15, 0.2) is 11.5 Å². The van der Waals surface area contributed by atoms with E-state index in [9.17, 15) is 0 Å². The highest BCUT2D eigenvalue weighted by Crippen LogP contribution is 2.35. The van der Waals surface area contributed by atoms with Crippen molar-refractivity contribution in [1.29, 1.82) is 0 Å². The Kier molecular flexibility index (Phi) is 2.79. The molecule has 1 N–H and O–H groups in total. The number of nitrogens with one attached hydrogen (secondary N) is 1. The first-order valence-corrected chi connectivity index (χ1v) is 6.07. The molecule has 0 fully saturated rings. The summed E-state index contributed by atoms with van der Waals surface area (Å²) in [5, 5.41) is 6.62. The second-order valence-corrected chi connectivity index (χ2v) is 4.60. The van der Waals surface area contributed by atoms with Gasteiger partial charge in [-0.2, -0.15) is 0 Å². The van der Waals surface area contributed by atoms with Crippen LogP contribution in [0.25, 0.3) is 0 Å². The Morgan fingerprint density at radius 1 is 1.39 bits per heavy atom. The predicted octanol–water partition coefficient (Wildman–Crippen LogP) is 2.81. The average molecular weight is 264 g/mol. The van der Waals surface area contributed by atoms with Gasteiger partial charge in [-0.1, -0.05) is 13.0 Å². The van der Waals surface area contributed by atoms with Crippen LogP contribution >= 0.6 is 12.2 Å². The molecule has 94 valence electrons. The van der Waals surface area contributed by atoms with Crippen molar-refractivity contribution in [2.75, 3.05) is 6.79 Å². The van der Waals surface area contributed by atoms with Crippen molar-refractivity contribution in [3.8, 4) is 11.5 Å². The second-order valence-electron chi connectivity index (χ2n) is 4.22. The Labute approximate surface area is 109 Å². The monoisotopic (exact) mass is 264 g/mol. The predicted molar refractivity (Wildman–Crippen MR) is 66.4 cm³/mol. The smallest absolute Gasteiger partial charge is 0.284 e. The molecule has 2 heterocycles. The lowest BCUT2D eigenvalue weighted by molar-refractivity contribution is 0.174. The zero-order chi connectivity index (χ0) is 12.5. The summed E-state index contributed by atoms with van der Waals surface area (Å²) in [6.45, 7) is 2.39. The van der Waals surface area contributed by atoms with Crippen LogP contribution in [0, 0.1) is 4.84 Å². The summed E-state index contributed by atoms with van der Waals surface area (Å²) in [5.74, 6) is 2.47. The Hall–Kier alpha value is -1.82. The molecule has 0 aliphatic carbocycles. The molecule has 2 aromatic rings. The number of aromatic amines is 1. The van der Waals surface area contributed by atoms with Crippen LogP contribution in [0.3, 0.4) is 0 Å². The molecule has 1 aromatic heterocycles. The highest BCUT2D eigenvalue weighted by atomic mass is 32.1. The van der Waals surface area contributed by atoms with Crippen molar-refractivity contribution in [1.82, 2.24) is 10.2 Å². The van der Waals surface area contributed by atoms with Crippen molar-refractivity contribution in [2.45, 2.75) is 19.3 Å². The highest BCUT2D eigenvalue weighted by Gasteiger charge is 2.17. The first-order valence-electron chi connectivity index (χ1n) is 5.66. The van der Waals surface area contributed by atoms with Gasteiger partial charge in [-0.05, 0) is 35.8 Å². The molecule has 1 unspecified atom stereocenters.